The van der Waals surface area contributed by atoms with Crippen LogP contribution in [0.25, 0.3) is 0 Å². The molecule has 1 heterocycles. The van der Waals surface area contributed by atoms with Gasteiger partial charge in [-0.15, -0.1) is 0 Å². The van der Waals surface area contributed by atoms with E-state index in [4.69, 9.17) is 5.11 Å². The summed E-state index contributed by atoms with van der Waals surface area (Å²) < 4.78 is 0. The fraction of sp³-hybridized carbons (Fsp3) is 0.750. The fourth-order valence-electron chi connectivity index (χ4n) is 0.438. The molecule has 1 fully saturated rings. The van der Waals surface area contributed by atoms with Crippen molar-refractivity contribution >= 4 is 35.5 Å². The summed E-state index contributed by atoms with van der Waals surface area (Å²) in [5, 5.41) is 11.0. The summed E-state index contributed by atoms with van der Waals surface area (Å²) in [5.41, 5.74) is 0. The molecule has 1 rings (SSSR count). The van der Waals surface area contributed by atoms with Crippen molar-refractivity contribution in [2.75, 3.05) is 6.54 Å². The van der Waals surface area contributed by atoms with Crippen LogP contribution in [-0.2, 0) is 4.79 Å². The number of hydrogen-bond acceptors (Lipinski definition) is 2. The van der Waals surface area contributed by atoms with Crippen LogP contribution in [0.3, 0.4) is 0 Å². The van der Waals surface area contributed by atoms with Crippen LogP contribution in [0.5, 0.6) is 0 Å². The van der Waals surface area contributed by atoms with Crippen LogP contribution in [0, 0.1) is 0 Å². The van der Waals surface area contributed by atoms with Crippen molar-refractivity contribution in [3.05, 3.63) is 0 Å². The molecule has 8 heavy (non-hydrogen) atoms. The Morgan fingerprint density at radius 1 is 1.88 bits per heavy atom. The van der Waals surface area contributed by atoms with Gasteiger partial charge < -0.3 is 10.4 Å². The molecule has 1 saturated heterocycles. The first-order valence-electron chi connectivity index (χ1n) is 2.24. The Morgan fingerprint density at radius 3 is 2.50 bits per heavy atom. The molecule has 1 atom stereocenters. The van der Waals surface area contributed by atoms with Gasteiger partial charge in [0.1, 0.15) is 0 Å². The van der Waals surface area contributed by atoms with E-state index in [1.807, 2.05) is 0 Å². The summed E-state index contributed by atoms with van der Waals surface area (Å²) in [4.78, 5) is 9.81. The molecule has 0 radical (unpaired) electrons. The van der Waals surface area contributed by atoms with Gasteiger partial charge in [0.2, 0.25) is 0 Å². The Morgan fingerprint density at radius 2 is 2.38 bits per heavy atom. The average molecular weight is 125 g/mol. The predicted octanol–water partition coefficient (Wildman–Crippen LogP) is -1.22. The molecule has 1 aliphatic rings. The van der Waals surface area contributed by atoms with Crippen LogP contribution in [0.15, 0.2) is 0 Å². The molecule has 0 spiro atoms. The van der Waals surface area contributed by atoms with Gasteiger partial charge in [0.05, 0.1) is 6.42 Å². The zero-order valence-electron chi connectivity index (χ0n) is 3.85. The van der Waals surface area contributed by atoms with Gasteiger partial charge in [-0.3, -0.25) is 4.79 Å². The van der Waals surface area contributed by atoms with Gasteiger partial charge in [-0.1, -0.05) is 0 Å². The van der Waals surface area contributed by atoms with Gasteiger partial charge >= 0.3 is 35.5 Å². The van der Waals surface area contributed by atoms with Crippen LogP contribution in [0.4, 0.5) is 0 Å². The Kier molecular flexibility index (Phi) is 3.64. The van der Waals surface area contributed by atoms with Crippen LogP contribution < -0.4 is 5.32 Å². The van der Waals surface area contributed by atoms with E-state index in [2.05, 4.69) is 5.32 Å². The van der Waals surface area contributed by atoms with Crippen LogP contribution >= 0.6 is 0 Å². The van der Waals surface area contributed by atoms with Gasteiger partial charge in [0.15, 0.2) is 0 Å². The van der Waals surface area contributed by atoms with Crippen LogP contribution in [-0.4, -0.2) is 53.2 Å². The summed E-state index contributed by atoms with van der Waals surface area (Å²) in [7, 11) is 0. The number of carbonyl (C=O) groups is 1. The monoisotopic (exact) mass is 125 g/mol. The molecule has 0 aromatic heterocycles. The van der Waals surface area contributed by atoms with E-state index < -0.39 is 5.97 Å². The minimum atomic E-state index is -0.713. The van der Waals surface area contributed by atoms with E-state index in [0.717, 1.165) is 6.54 Å². The number of aliphatic carboxylic acids is 1. The number of carboxylic acids is 1. The average Bonchev–Trinajstić information content (AvgIpc) is 2.17. The van der Waals surface area contributed by atoms with Crippen molar-refractivity contribution in [2.24, 2.45) is 0 Å². The number of carboxylic acid groups (broad SMARTS) is 1. The standard InChI is InChI=1S/C4H7NO2.Na.H/c6-4(7)1-3-2-5-3;;/h3,5H,1-2H2,(H,6,7);;. The Hall–Kier alpha value is 0.430. The molecule has 3 nitrogen and oxygen atoms in total. The molecule has 1 aliphatic heterocycles. The summed E-state index contributed by atoms with van der Waals surface area (Å²) in [6.07, 6.45) is 0.278. The first kappa shape index (κ1) is 8.43. The molecule has 0 saturated carbocycles. The molecule has 42 valence electrons. The SMILES string of the molecule is O=C(O)CC1CN1.[NaH]. The van der Waals surface area contributed by atoms with Crippen molar-refractivity contribution in [3.63, 3.8) is 0 Å². The maximum atomic E-state index is 9.81. The van der Waals surface area contributed by atoms with E-state index in [1.165, 1.54) is 0 Å². The molecule has 0 aromatic carbocycles. The molecule has 0 aromatic rings. The van der Waals surface area contributed by atoms with Crippen LogP contribution in [0.2, 0.25) is 0 Å². The van der Waals surface area contributed by atoms with E-state index in [-0.39, 0.29) is 42.0 Å². The Labute approximate surface area is 69.7 Å². The predicted molar refractivity (Wildman–Crippen MR) is 31.2 cm³/mol. The fourth-order valence-corrected chi connectivity index (χ4v) is 0.438. The molecule has 1 unspecified atom stereocenters. The zero-order valence-corrected chi connectivity index (χ0v) is 3.85. The van der Waals surface area contributed by atoms with Crippen molar-refractivity contribution in [3.8, 4) is 0 Å². The number of hydrogen-bond donors (Lipinski definition) is 2. The molecule has 4 heteroatoms. The zero-order chi connectivity index (χ0) is 5.28. The van der Waals surface area contributed by atoms with Gasteiger partial charge in [-0.25, -0.2) is 0 Å². The topological polar surface area (TPSA) is 59.2 Å². The summed E-state index contributed by atoms with van der Waals surface area (Å²) in [6.45, 7) is 0.881. The van der Waals surface area contributed by atoms with Gasteiger partial charge in [0.25, 0.3) is 0 Å². The Bertz CT molecular complexity index is 92.0. The van der Waals surface area contributed by atoms with Crippen LogP contribution in [0.1, 0.15) is 6.42 Å². The first-order chi connectivity index (χ1) is 3.29. The van der Waals surface area contributed by atoms with Crippen molar-refractivity contribution in [1.29, 1.82) is 0 Å². The quantitative estimate of drug-likeness (QED) is 0.359. The molecular weight excluding hydrogens is 117 g/mol. The minimum absolute atomic E-state index is 0. The van der Waals surface area contributed by atoms with Crippen molar-refractivity contribution < 1.29 is 9.90 Å². The third-order valence-corrected chi connectivity index (χ3v) is 0.914. The molecule has 0 bridgehead atoms. The van der Waals surface area contributed by atoms with E-state index >= 15 is 0 Å². The second-order valence-electron chi connectivity index (χ2n) is 1.70. The van der Waals surface area contributed by atoms with E-state index in [0.29, 0.717) is 0 Å². The van der Waals surface area contributed by atoms with Crippen molar-refractivity contribution in [2.45, 2.75) is 12.5 Å². The summed E-state index contributed by atoms with van der Waals surface area (Å²) in [6, 6.07) is 0.275. The van der Waals surface area contributed by atoms with Gasteiger partial charge in [-0.05, 0) is 0 Å². The summed E-state index contributed by atoms with van der Waals surface area (Å²) in [5.74, 6) is -0.713. The second-order valence-corrected chi connectivity index (χ2v) is 1.70. The molecule has 0 amide bonds. The number of nitrogens with one attached hydrogen (secondary N) is 1. The molecule has 2 N–H and O–H groups in total. The summed E-state index contributed by atoms with van der Waals surface area (Å²) >= 11 is 0. The third kappa shape index (κ3) is 3.43. The van der Waals surface area contributed by atoms with E-state index in [9.17, 15) is 4.79 Å². The first-order valence-corrected chi connectivity index (χ1v) is 2.24. The number of rotatable bonds is 2. The normalized spacial score (nSPS) is 23.8. The third-order valence-electron chi connectivity index (χ3n) is 0.914. The van der Waals surface area contributed by atoms with Gasteiger partial charge in [0, 0.05) is 12.6 Å². The van der Waals surface area contributed by atoms with Crippen molar-refractivity contribution in [1.82, 2.24) is 5.32 Å². The Balaban J connectivity index is 0.000000490. The second kappa shape index (κ2) is 3.45. The van der Waals surface area contributed by atoms with E-state index in [1.54, 1.807) is 0 Å². The van der Waals surface area contributed by atoms with Gasteiger partial charge in [-0.2, -0.15) is 0 Å². The maximum absolute atomic E-state index is 9.81. The molecular formula is C4H8NNaO2. The molecule has 0 aliphatic carbocycles.